The molecule has 0 aromatic carbocycles. The molecule has 0 atom stereocenters. The van der Waals surface area contributed by atoms with Gasteiger partial charge in [-0.15, -0.1) is 46.7 Å². The molecule has 23 heavy (non-hydrogen) atoms. The van der Waals surface area contributed by atoms with E-state index in [1.807, 2.05) is 13.1 Å². The summed E-state index contributed by atoms with van der Waals surface area (Å²) in [4.78, 5) is 15.9. The monoisotopic (exact) mass is 465 g/mol. The van der Waals surface area contributed by atoms with Crippen molar-refractivity contribution >= 4 is 52.6 Å². The highest BCUT2D eigenvalue weighted by molar-refractivity contribution is 14.0. The third-order valence-electron chi connectivity index (χ3n) is 3.11. The first kappa shape index (κ1) is 20.3. The first-order chi connectivity index (χ1) is 10.6. The molecule has 2 rings (SSSR count). The van der Waals surface area contributed by atoms with E-state index in [0.717, 1.165) is 36.2 Å². The Labute approximate surface area is 163 Å². The molecule has 0 bridgehead atoms. The number of aromatic nitrogens is 2. The van der Waals surface area contributed by atoms with Gasteiger partial charge in [0.15, 0.2) is 5.96 Å². The van der Waals surface area contributed by atoms with Crippen molar-refractivity contribution in [2.75, 3.05) is 13.1 Å². The van der Waals surface area contributed by atoms with E-state index >= 15 is 0 Å². The smallest absolute Gasteiger partial charge is 0.191 e. The summed E-state index contributed by atoms with van der Waals surface area (Å²) in [5, 5.41) is 8.89. The number of aryl methyl sites for hydroxylation is 3. The van der Waals surface area contributed by atoms with Crippen molar-refractivity contribution in [3.05, 3.63) is 31.7 Å². The van der Waals surface area contributed by atoms with Crippen molar-refractivity contribution in [2.24, 2.45) is 4.99 Å². The summed E-state index contributed by atoms with van der Waals surface area (Å²) in [5.74, 6) is 0.846. The second-order valence-electron chi connectivity index (χ2n) is 4.97. The zero-order valence-corrected chi connectivity index (χ0v) is 17.9. The maximum atomic E-state index is 4.60. The normalized spacial score (nSPS) is 11.2. The quantitative estimate of drug-likeness (QED) is 0.390. The van der Waals surface area contributed by atoms with Gasteiger partial charge in [0.1, 0.15) is 0 Å². The van der Waals surface area contributed by atoms with Crippen LogP contribution in [0, 0.1) is 20.8 Å². The van der Waals surface area contributed by atoms with Crippen LogP contribution in [0.2, 0.25) is 0 Å². The van der Waals surface area contributed by atoms with Crippen LogP contribution in [-0.4, -0.2) is 29.0 Å². The molecular weight excluding hydrogens is 441 g/mol. The van der Waals surface area contributed by atoms with E-state index in [1.165, 1.54) is 14.8 Å². The lowest BCUT2D eigenvalue weighted by molar-refractivity contribution is 0.796. The number of hydrogen-bond acceptors (Lipinski definition) is 5. The number of hydrogen-bond donors (Lipinski definition) is 2. The number of nitrogens with one attached hydrogen (secondary N) is 2. The van der Waals surface area contributed by atoms with Gasteiger partial charge in [-0.3, -0.25) is 0 Å². The fourth-order valence-corrected chi connectivity index (χ4v) is 3.56. The van der Waals surface area contributed by atoms with Gasteiger partial charge >= 0.3 is 0 Å². The van der Waals surface area contributed by atoms with Crippen LogP contribution in [0.4, 0.5) is 0 Å². The van der Waals surface area contributed by atoms with Gasteiger partial charge in [0.25, 0.3) is 0 Å². The number of guanidine groups is 1. The standard InChI is InChI=1S/C15H23N5S2.HI/c1-5-16-15(19-9-13-8-18-12(4)22-13)17-7-6-14-20-10(2)11(3)21-14;/h8H,5-7,9H2,1-4H3,(H2,16,17,19);1H. The fraction of sp³-hybridized carbons (Fsp3) is 0.533. The number of nitrogens with zero attached hydrogens (tertiary/aromatic N) is 3. The fourth-order valence-electron chi connectivity index (χ4n) is 1.91. The lowest BCUT2D eigenvalue weighted by Crippen LogP contribution is -2.38. The molecule has 128 valence electrons. The summed E-state index contributed by atoms with van der Waals surface area (Å²) < 4.78 is 0. The van der Waals surface area contributed by atoms with E-state index in [-0.39, 0.29) is 24.0 Å². The van der Waals surface area contributed by atoms with Crippen molar-refractivity contribution in [2.45, 2.75) is 40.7 Å². The summed E-state index contributed by atoms with van der Waals surface area (Å²) in [5.41, 5.74) is 1.14. The third kappa shape index (κ3) is 6.72. The average molecular weight is 465 g/mol. The SMILES string of the molecule is CCNC(=NCc1cnc(C)s1)NCCc1nc(C)c(C)s1.I. The van der Waals surface area contributed by atoms with Crippen molar-refractivity contribution in [3.63, 3.8) is 0 Å². The largest absolute Gasteiger partial charge is 0.357 e. The minimum Gasteiger partial charge on any atom is -0.357 e. The van der Waals surface area contributed by atoms with E-state index in [0.29, 0.717) is 6.54 Å². The number of halogens is 1. The molecule has 0 saturated carbocycles. The topological polar surface area (TPSA) is 62.2 Å². The lowest BCUT2D eigenvalue weighted by Gasteiger charge is -2.10. The van der Waals surface area contributed by atoms with Crippen LogP contribution < -0.4 is 10.6 Å². The lowest BCUT2D eigenvalue weighted by atomic mass is 10.4. The Morgan fingerprint density at radius 2 is 2.00 bits per heavy atom. The predicted molar refractivity (Wildman–Crippen MR) is 110 cm³/mol. The summed E-state index contributed by atoms with van der Waals surface area (Å²) in [6.45, 7) is 10.6. The summed E-state index contributed by atoms with van der Waals surface area (Å²) in [6, 6.07) is 0. The van der Waals surface area contributed by atoms with Gasteiger partial charge in [-0.25, -0.2) is 15.0 Å². The Bertz CT molecular complexity index is 616. The van der Waals surface area contributed by atoms with E-state index in [4.69, 9.17) is 0 Å². The minimum atomic E-state index is 0. The molecule has 0 unspecified atom stereocenters. The Hall–Kier alpha value is -0.740. The third-order valence-corrected chi connectivity index (χ3v) is 5.14. The minimum absolute atomic E-state index is 0. The van der Waals surface area contributed by atoms with Crippen LogP contribution in [0.5, 0.6) is 0 Å². The summed E-state index contributed by atoms with van der Waals surface area (Å²) in [7, 11) is 0. The molecule has 0 fully saturated rings. The van der Waals surface area contributed by atoms with E-state index in [9.17, 15) is 0 Å². The number of thiazole rings is 2. The molecule has 0 spiro atoms. The summed E-state index contributed by atoms with van der Waals surface area (Å²) in [6.07, 6.45) is 2.82. The molecule has 0 aliphatic heterocycles. The van der Waals surface area contributed by atoms with Crippen LogP contribution in [0.1, 0.15) is 32.4 Å². The molecule has 0 aliphatic rings. The van der Waals surface area contributed by atoms with Gasteiger partial charge in [0.2, 0.25) is 0 Å². The Morgan fingerprint density at radius 1 is 1.22 bits per heavy atom. The molecule has 0 saturated heterocycles. The van der Waals surface area contributed by atoms with Crippen molar-refractivity contribution in [1.29, 1.82) is 0 Å². The maximum absolute atomic E-state index is 4.60. The van der Waals surface area contributed by atoms with Crippen molar-refractivity contribution < 1.29 is 0 Å². The van der Waals surface area contributed by atoms with Gasteiger partial charge in [-0.2, -0.15) is 0 Å². The van der Waals surface area contributed by atoms with Crippen LogP contribution >= 0.6 is 46.7 Å². The Morgan fingerprint density at radius 3 is 2.57 bits per heavy atom. The highest BCUT2D eigenvalue weighted by Crippen LogP contribution is 2.16. The van der Waals surface area contributed by atoms with E-state index < -0.39 is 0 Å². The second-order valence-corrected chi connectivity index (χ2v) is 7.57. The molecule has 5 nitrogen and oxygen atoms in total. The van der Waals surface area contributed by atoms with Gasteiger partial charge in [0.05, 0.1) is 22.3 Å². The number of rotatable bonds is 6. The second kappa shape index (κ2) is 10.2. The first-order valence-corrected chi connectivity index (χ1v) is 9.08. The van der Waals surface area contributed by atoms with Crippen molar-refractivity contribution in [3.8, 4) is 0 Å². The Balaban J connectivity index is 0.00000264. The molecule has 0 radical (unpaired) electrons. The Kier molecular flexibility index (Phi) is 9.00. The molecule has 2 aromatic rings. The van der Waals surface area contributed by atoms with Gasteiger partial charge in [0, 0.05) is 35.5 Å². The molecule has 2 N–H and O–H groups in total. The summed E-state index contributed by atoms with van der Waals surface area (Å²) >= 11 is 3.47. The van der Waals surface area contributed by atoms with Gasteiger partial charge in [-0.05, 0) is 27.7 Å². The predicted octanol–water partition coefficient (Wildman–Crippen LogP) is 3.44. The zero-order valence-electron chi connectivity index (χ0n) is 14.0. The van der Waals surface area contributed by atoms with Crippen LogP contribution in [0.25, 0.3) is 0 Å². The molecule has 2 aromatic heterocycles. The van der Waals surface area contributed by atoms with Crippen LogP contribution in [0.15, 0.2) is 11.2 Å². The first-order valence-electron chi connectivity index (χ1n) is 7.45. The molecule has 0 aliphatic carbocycles. The van der Waals surface area contributed by atoms with Crippen LogP contribution in [-0.2, 0) is 13.0 Å². The number of aliphatic imine (C=N–C) groups is 1. The molecular formula is C15H24IN5S2. The zero-order chi connectivity index (χ0) is 15.9. The average Bonchev–Trinajstić information content (AvgIpc) is 3.03. The highest BCUT2D eigenvalue weighted by Gasteiger charge is 2.04. The maximum Gasteiger partial charge on any atom is 0.191 e. The molecule has 2 heterocycles. The van der Waals surface area contributed by atoms with Crippen molar-refractivity contribution in [1.82, 2.24) is 20.6 Å². The van der Waals surface area contributed by atoms with Gasteiger partial charge < -0.3 is 10.6 Å². The highest BCUT2D eigenvalue weighted by atomic mass is 127. The van der Waals surface area contributed by atoms with Gasteiger partial charge in [-0.1, -0.05) is 0 Å². The van der Waals surface area contributed by atoms with Crippen LogP contribution in [0.3, 0.4) is 0 Å². The van der Waals surface area contributed by atoms with E-state index in [1.54, 1.807) is 22.7 Å². The molecule has 8 heteroatoms. The molecule has 0 amide bonds. The van der Waals surface area contributed by atoms with E-state index in [2.05, 4.69) is 46.4 Å².